The molecule has 2 aliphatic carbocycles. The Morgan fingerprint density at radius 2 is 1.79 bits per heavy atom. The van der Waals surface area contributed by atoms with Crippen LogP contribution in [0.25, 0.3) is 0 Å². The first-order chi connectivity index (χ1) is 11.3. The molecule has 24 heavy (non-hydrogen) atoms. The normalized spacial score (nSPS) is 30.5. The Kier molecular flexibility index (Phi) is 7.32. The summed E-state index contributed by atoms with van der Waals surface area (Å²) in [4.78, 5) is 11.8. The molecule has 6 nitrogen and oxygen atoms in total. The van der Waals surface area contributed by atoms with Crippen LogP contribution in [0.4, 0.5) is 4.79 Å². The van der Waals surface area contributed by atoms with E-state index in [0.717, 1.165) is 58.1 Å². The van der Waals surface area contributed by atoms with Gasteiger partial charge in [-0.25, -0.2) is 4.79 Å². The third-order valence-corrected chi connectivity index (χ3v) is 4.68. The van der Waals surface area contributed by atoms with Gasteiger partial charge in [-0.1, -0.05) is 0 Å². The zero-order chi connectivity index (χ0) is 17.6. The summed E-state index contributed by atoms with van der Waals surface area (Å²) < 4.78 is 11.3. The molecule has 0 unspecified atom stereocenters. The van der Waals surface area contributed by atoms with Crippen molar-refractivity contribution in [2.24, 2.45) is 5.73 Å². The minimum Gasteiger partial charge on any atom is -0.444 e. The van der Waals surface area contributed by atoms with E-state index in [-0.39, 0.29) is 12.1 Å². The maximum absolute atomic E-state index is 11.8. The SMILES string of the molecule is CC(C)(C)OC(=O)NC1CCC(OCCCNC2CC(N)C2)CC1. The number of carbonyl (C=O) groups is 1. The van der Waals surface area contributed by atoms with Crippen molar-refractivity contribution in [3.8, 4) is 0 Å². The van der Waals surface area contributed by atoms with E-state index in [0.29, 0.717) is 18.2 Å². The largest absolute Gasteiger partial charge is 0.444 e. The van der Waals surface area contributed by atoms with Gasteiger partial charge in [-0.15, -0.1) is 0 Å². The van der Waals surface area contributed by atoms with Crippen LogP contribution in [0.3, 0.4) is 0 Å². The lowest BCUT2D eigenvalue weighted by atomic mass is 9.88. The molecule has 0 heterocycles. The summed E-state index contributed by atoms with van der Waals surface area (Å²) >= 11 is 0. The number of hydrogen-bond acceptors (Lipinski definition) is 5. The van der Waals surface area contributed by atoms with Crippen LogP contribution in [0.5, 0.6) is 0 Å². The molecule has 0 aliphatic heterocycles. The molecule has 2 saturated carbocycles. The molecule has 6 heteroatoms. The van der Waals surface area contributed by atoms with E-state index in [4.69, 9.17) is 15.2 Å². The molecule has 0 radical (unpaired) electrons. The highest BCUT2D eigenvalue weighted by molar-refractivity contribution is 5.68. The van der Waals surface area contributed by atoms with E-state index >= 15 is 0 Å². The zero-order valence-electron chi connectivity index (χ0n) is 15.5. The number of rotatable bonds is 7. The maximum atomic E-state index is 11.8. The topological polar surface area (TPSA) is 85.6 Å². The van der Waals surface area contributed by atoms with Crippen LogP contribution in [0.2, 0.25) is 0 Å². The number of nitrogens with two attached hydrogens (primary N) is 1. The third-order valence-electron chi connectivity index (χ3n) is 4.68. The highest BCUT2D eigenvalue weighted by Gasteiger charge is 2.26. The van der Waals surface area contributed by atoms with Gasteiger partial charge < -0.3 is 25.8 Å². The second-order valence-electron chi connectivity index (χ2n) is 8.23. The van der Waals surface area contributed by atoms with Crippen LogP contribution in [-0.4, -0.2) is 49.1 Å². The van der Waals surface area contributed by atoms with Gasteiger partial charge in [0.15, 0.2) is 0 Å². The highest BCUT2D eigenvalue weighted by Crippen LogP contribution is 2.22. The van der Waals surface area contributed by atoms with Crippen molar-refractivity contribution < 1.29 is 14.3 Å². The Labute approximate surface area is 146 Å². The van der Waals surface area contributed by atoms with E-state index in [9.17, 15) is 4.79 Å². The number of amides is 1. The molecule has 140 valence electrons. The number of alkyl carbamates (subject to hydrolysis) is 1. The van der Waals surface area contributed by atoms with Crippen LogP contribution in [0, 0.1) is 0 Å². The first kappa shape index (κ1) is 19.5. The molecule has 0 saturated heterocycles. The molecule has 0 aromatic heterocycles. The molecule has 4 N–H and O–H groups in total. The zero-order valence-corrected chi connectivity index (χ0v) is 15.5. The Morgan fingerprint density at radius 3 is 2.38 bits per heavy atom. The van der Waals surface area contributed by atoms with Gasteiger partial charge in [-0.3, -0.25) is 0 Å². The summed E-state index contributed by atoms with van der Waals surface area (Å²) in [6.45, 7) is 7.45. The molecule has 2 aliphatic rings. The van der Waals surface area contributed by atoms with Crippen molar-refractivity contribution in [1.29, 1.82) is 0 Å². The van der Waals surface area contributed by atoms with E-state index in [1.807, 2.05) is 20.8 Å². The van der Waals surface area contributed by atoms with E-state index in [1.165, 1.54) is 0 Å². The molecular formula is C18H35N3O3. The van der Waals surface area contributed by atoms with Gasteiger partial charge in [0.1, 0.15) is 5.60 Å². The fraction of sp³-hybridized carbons (Fsp3) is 0.944. The van der Waals surface area contributed by atoms with Crippen molar-refractivity contribution >= 4 is 6.09 Å². The van der Waals surface area contributed by atoms with Crippen molar-refractivity contribution in [3.63, 3.8) is 0 Å². The molecule has 2 fully saturated rings. The van der Waals surface area contributed by atoms with Crippen LogP contribution in [0.15, 0.2) is 0 Å². The third kappa shape index (κ3) is 7.36. The average molecular weight is 341 g/mol. The van der Waals surface area contributed by atoms with E-state index in [1.54, 1.807) is 0 Å². The molecule has 0 aromatic rings. The van der Waals surface area contributed by atoms with Crippen molar-refractivity contribution in [3.05, 3.63) is 0 Å². The summed E-state index contributed by atoms with van der Waals surface area (Å²) in [6.07, 6.45) is 7.21. The molecule has 0 bridgehead atoms. The number of carbonyl (C=O) groups excluding carboxylic acids is 1. The van der Waals surface area contributed by atoms with Crippen LogP contribution >= 0.6 is 0 Å². The fourth-order valence-electron chi connectivity index (χ4n) is 3.30. The second kappa shape index (κ2) is 9.02. The monoisotopic (exact) mass is 341 g/mol. The predicted molar refractivity (Wildman–Crippen MR) is 95.0 cm³/mol. The van der Waals surface area contributed by atoms with Crippen molar-refractivity contribution in [1.82, 2.24) is 10.6 Å². The molecule has 0 atom stereocenters. The van der Waals surface area contributed by atoms with Crippen LogP contribution in [-0.2, 0) is 9.47 Å². The van der Waals surface area contributed by atoms with Gasteiger partial charge in [0, 0.05) is 24.7 Å². The Hall–Kier alpha value is -0.850. The molecule has 2 rings (SSSR count). The highest BCUT2D eigenvalue weighted by atomic mass is 16.6. The summed E-state index contributed by atoms with van der Waals surface area (Å²) in [5.74, 6) is 0. The number of ether oxygens (including phenoxy) is 2. The summed E-state index contributed by atoms with van der Waals surface area (Å²) in [5.41, 5.74) is 5.33. The van der Waals surface area contributed by atoms with Crippen LogP contribution in [0.1, 0.15) is 65.7 Å². The van der Waals surface area contributed by atoms with E-state index in [2.05, 4.69) is 10.6 Å². The quantitative estimate of drug-likeness (QED) is 0.619. The number of nitrogens with one attached hydrogen (secondary N) is 2. The van der Waals surface area contributed by atoms with E-state index < -0.39 is 5.60 Å². The predicted octanol–water partition coefficient (Wildman–Crippen LogP) is 2.31. The molecule has 1 amide bonds. The molecule has 0 aromatic carbocycles. The van der Waals surface area contributed by atoms with Gasteiger partial charge in [-0.2, -0.15) is 0 Å². The first-order valence-electron chi connectivity index (χ1n) is 9.42. The standard InChI is InChI=1S/C18H35N3O3/c1-18(2,3)24-17(22)21-14-5-7-16(8-6-14)23-10-4-9-20-15-11-13(19)12-15/h13-16,20H,4-12,19H2,1-3H3,(H,21,22). The van der Waals surface area contributed by atoms with Gasteiger partial charge in [0.05, 0.1) is 6.10 Å². The average Bonchev–Trinajstić information content (AvgIpc) is 2.44. The Balaban J connectivity index is 1.47. The minimum atomic E-state index is -0.441. The lowest BCUT2D eigenvalue weighted by Crippen LogP contribution is -2.48. The van der Waals surface area contributed by atoms with Gasteiger partial charge in [-0.05, 0) is 72.3 Å². The molecule has 0 spiro atoms. The van der Waals surface area contributed by atoms with Crippen molar-refractivity contribution in [2.75, 3.05) is 13.2 Å². The number of hydrogen-bond donors (Lipinski definition) is 3. The minimum absolute atomic E-state index is 0.212. The fourth-order valence-corrected chi connectivity index (χ4v) is 3.30. The Bertz CT molecular complexity index is 383. The summed E-state index contributed by atoms with van der Waals surface area (Å²) in [6, 6.07) is 1.24. The van der Waals surface area contributed by atoms with Gasteiger partial charge >= 0.3 is 6.09 Å². The maximum Gasteiger partial charge on any atom is 0.407 e. The second-order valence-corrected chi connectivity index (χ2v) is 8.23. The van der Waals surface area contributed by atoms with Gasteiger partial charge in [0.25, 0.3) is 0 Å². The van der Waals surface area contributed by atoms with Gasteiger partial charge in [0.2, 0.25) is 0 Å². The van der Waals surface area contributed by atoms with Crippen molar-refractivity contribution in [2.45, 2.75) is 95.5 Å². The summed E-state index contributed by atoms with van der Waals surface area (Å²) in [5, 5.41) is 6.48. The first-order valence-corrected chi connectivity index (χ1v) is 9.42. The summed E-state index contributed by atoms with van der Waals surface area (Å²) in [7, 11) is 0. The van der Waals surface area contributed by atoms with Crippen LogP contribution < -0.4 is 16.4 Å². The lowest BCUT2D eigenvalue weighted by Gasteiger charge is -2.33. The lowest BCUT2D eigenvalue weighted by molar-refractivity contribution is 0.0167. The Morgan fingerprint density at radius 1 is 1.12 bits per heavy atom. The molecular weight excluding hydrogens is 306 g/mol. The smallest absolute Gasteiger partial charge is 0.407 e.